The average molecular weight is 357 g/mol. The third-order valence-corrected chi connectivity index (χ3v) is 4.59. The fourth-order valence-electron chi connectivity index (χ4n) is 3.85. The lowest BCUT2D eigenvalue weighted by atomic mass is 9.94. The van der Waals surface area contributed by atoms with Gasteiger partial charge in [-0.05, 0) is 57.8 Å². The molecule has 0 saturated carbocycles. The van der Waals surface area contributed by atoms with Gasteiger partial charge in [-0.2, -0.15) is 0 Å². The number of nitrogens with two attached hydrogens (primary N) is 1. The zero-order chi connectivity index (χ0) is 19.6. The molecular weight excluding hydrogens is 308 g/mol. The number of hydrogen-bond donors (Lipinski definition) is 1. The van der Waals surface area contributed by atoms with Crippen LogP contribution >= 0.6 is 0 Å². The largest absolute Gasteiger partial charge is 0.326 e. The smallest absolute Gasteiger partial charge is 0.0209 e. The first-order valence-corrected chi connectivity index (χ1v) is 10.3. The van der Waals surface area contributed by atoms with Crippen LogP contribution in [0.4, 0.5) is 0 Å². The molecular formula is C21H48N4. The zero-order valence-corrected chi connectivity index (χ0v) is 18.8. The minimum absolute atomic E-state index is 0.241. The molecule has 0 rings (SSSR count). The molecule has 0 heterocycles. The highest BCUT2D eigenvalue weighted by Gasteiger charge is 2.22. The van der Waals surface area contributed by atoms with E-state index < -0.39 is 0 Å². The Hall–Kier alpha value is -0.160. The molecule has 0 aliphatic rings. The second-order valence-corrected chi connectivity index (χ2v) is 9.60. The van der Waals surface area contributed by atoms with E-state index >= 15 is 0 Å². The topological polar surface area (TPSA) is 35.7 Å². The van der Waals surface area contributed by atoms with Gasteiger partial charge in [0.25, 0.3) is 0 Å². The molecule has 0 saturated heterocycles. The standard InChI is InChI=1S/C21H48N4/c1-17(2)12-23(7)11-10-20(15-24(8)13-18(3)4)21(22)16-25(9)14-19(5)6/h17-21H,10-16,22H2,1-9H3. The third-order valence-electron chi connectivity index (χ3n) is 4.59. The molecule has 2 unspecified atom stereocenters. The highest BCUT2D eigenvalue weighted by molar-refractivity contribution is 4.80. The Bertz CT molecular complexity index is 317. The van der Waals surface area contributed by atoms with Crippen molar-refractivity contribution in [3.8, 4) is 0 Å². The summed E-state index contributed by atoms with van der Waals surface area (Å²) in [6, 6.07) is 0.241. The SMILES string of the molecule is CC(C)CN(C)CCC(CN(C)CC(C)C)C(N)CN(C)CC(C)C. The second-order valence-electron chi connectivity index (χ2n) is 9.60. The van der Waals surface area contributed by atoms with Crippen LogP contribution in [0.3, 0.4) is 0 Å². The average Bonchev–Trinajstić information content (AvgIpc) is 2.40. The van der Waals surface area contributed by atoms with Crippen molar-refractivity contribution in [1.82, 2.24) is 14.7 Å². The minimum Gasteiger partial charge on any atom is -0.326 e. The van der Waals surface area contributed by atoms with Crippen LogP contribution in [-0.2, 0) is 0 Å². The summed E-state index contributed by atoms with van der Waals surface area (Å²) in [6.07, 6.45) is 1.18. The van der Waals surface area contributed by atoms with Gasteiger partial charge < -0.3 is 20.4 Å². The summed E-state index contributed by atoms with van der Waals surface area (Å²) in [5.41, 5.74) is 6.67. The number of rotatable bonds is 14. The molecule has 0 aliphatic carbocycles. The first-order valence-electron chi connectivity index (χ1n) is 10.3. The Morgan fingerprint density at radius 3 is 1.44 bits per heavy atom. The van der Waals surface area contributed by atoms with Crippen LogP contribution < -0.4 is 5.73 Å². The molecule has 0 fully saturated rings. The summed E-state index contributed by atoms with van der Waals surface area (Å²) in [7, 11) is 6.69. The Morgan fingerprint density at radius 1 is 0.600 bits per heavy atom. The van der Waals surface area contributed by atoms with E-state index in [1.807, 2.05) is 0 Å². The van der Waals surface area contributed by atoms with Crippen LogP contribution in [0.25, 0.3) is 0 Å². The molecule has 4 heteroatoms. The van der Waals surface area contributed by atoms with Crippen LogP contribution in [0.5, 0.6) is 0 Å². The summed E-state index contributed by atoms with van der Waals surface area (Å²) >= 11 is 0. The quantitative estimate of drug-likeness (QED) is 0.519. The Kier molecular flexibility index (Phi) is 13.0. The molecule has 0 radical (unpaired) electrons. The van der Waals surface area contributed by atoms with Crippen LogP contribution in [0.1, 0.15) is 48.0 Å². The predicted octanol–water partition coefficient (Wildman–Crippen LogP) is 3.08. The van der Waals surface area contributed by atoms with E-state index in [4.69, 9.17) is 5.73 Å². The molecule has 0 aliphatic heterocycles. The third kappa shape index (κ3) is 13.7. The first-order chi connectivity index (χ1) is 11.5. The summed E-state index contributed by atoms with van der Waals surface area (Å²) in [4.78, 5) is 7.34. The molecule has 4 nitrogen and oxygen atoms in total. The summed E-state index contributed by atoms with van der Waals surface area (Å²) in [5.74, 6) is 2.66. The molecule has 0 aromatic heterocycles. The fourth-order valence-corrected chi connectivity index (χ4v) is 3.85. The normalized spacial score (nSPS) is 15.4. The van der Waals surface area contributed by atoms with E-state index in [1.54, 1.807) is 0 Å². The van der Waals surface area contributed by atoms with Gasteiger partial charge in [0.1, 0.15) is 0 Å². The van der Waals surface area contributed by atoms with Crippen LogP contribution in [-0.4, -0.2) is 81.2 Å². The van der Waals surface area contributed by atoms with Crippen molar-refractivity contribution < 1.29 is 0 Å². The molecule has 0 amide bonds. The van der Waals surface area contributed by atoms with E-state index in [2.05, 4.69) is 77.4 Å². The van der Waals surface area contributed by atoms with E-state index in [1.165, 1.54) is 6.42 Å². The molecule has 0 spiro atoms. The molecule has 25 heavy (non-hydrogen) atoms. The van der Waals surface area contributed by atoms with Crippen molar-refractivity contribution in [2.45, 2.75) is 54.0 Å². The van der Waals surface area contributed by atoms with Gasteiger partial charge in [0.2, 0.25) is 0 Å². The zero-order valence-electron chi connectivity index (χ0n) is 18.8. The van der Waals surface area contributed by atoms with E-state index in [9.17, 15) is 0 Å². The second kappa shape index (κ2) is 13.1. The van der Waals surface area contributed by atoms with Crippen molar-refractivity contribution in [3.63, 3.8) is 0 Å². The highest BCUT2D eigenvalue weighted by atomic mass is 15.1. The molecule has 2 atom stereocenters. The number of nitrogens with zero attached hydrogens (tertiary/aromatic N) is 3. The number of hydrogen-bond acceptors (Lipinski definition) is 4. The van der Waals surface area contributed by atoms with Crippen LogP contribution in [0.15, 0.2) is 0 Å². The molecule has 2 N–H and O–H groups in total. The monoisotopic (exact) mass is 356 g/mol. The molecule has 0 aromatic rings. The molecule has 0 bridgehead atoms. The molecule has 0 aromatic carbocycles. The highest BCUT2D eigenvalue weighted by Crippen LogP contribution is 2.14. The van der Waals surface area contributed by atoms with Crippen molar-refractivity contribution in [1.29, 1.82) is 0 Å². The van der Waals surface area contributed by atoms with Gasteiger partial charge in [0.05, 0.1) is 0 Å². The summed E-state index contributed by atoms with van der Waals surface area (Å²) in [6.45, 7) is 20.4. The van der Waals surface area contributed by atoms with Gasteiger partial charge in [-0.3, -0.25) is 0 Å². The van der Waals surface area contributed by atoms with Gasteiger partial charge in [0, 0.05) is 38.8 Å². The van der Waals surface area contributed by atoms with Gasteiger partial charge in [-0.15, -0.1) is 0 Å². The maximum Gasteiger partial charge on any atom is 0.0209 e. The molecule has 152 valence electrons. The Labute approximate surface area is 159 Å². The predicted molar refractivity (Wildman–Crippen MR) is 113 cm³/mol. The summed E-state index contributed by atoms with van der Waals surface area (Å²) in [5, 5.41) is 0. The van der Waals surface area contributed by atoms with Gasteiger partial charge >= 0.3 is 0 Å². The van der Waals surface area contributed by atoms with E-state index in [0.717, 1.165) is 45.2 Å². The Balaban J connectivity index is 4.68. The first kappa shape index (κ1) is 24.8. The van der Waals surface area contributed by atoms with Crippen molar-refractivity contribution >= 4 is 0 Å². The van der Waals surface area contributed by atoms with Crippen molar-refractivity contribution in [2.24, 2.45) is 29.4 Å². The number of likely N-dealkylation sites (N-methyl/N-ethyl adjacent to an activating group) is 1. The maximum atomic E-state index is 6.67. The van der Waals surface area contributed by atoms with Crippen LogP contribution in [0, 0.1) is 23.7 Å². The van der Waals surface area contributed by atoms with E-state index in [0.29, 0.717) is 17.8 Å². The van der Waals surface area contributed by atoms with Gasteiger partial charge in [-0.1, -0.05) is 41.5 Å². The van der Waals surface area contributed by atoms with Gasteiger partial charge in [-0.25, -0.2) is 0 Å². The Morgan fingerprint density at radius 2 is 1.00 bits per heavy atom. The lowest BCUT2D eigenvalue weighted by molar-refractivity contribution is 0.175. The maximum absolute atomic E-state index is 6.67. The van der Waals surface area contributed by atoms with Crippen molar-refractivity contribution in [3.05, 3.63) is 0 Å². The van der Waals surface area contributed by atoms with E-state index in [-0.39, 0.29) is 6.04 Å². The van der Waals surface area contributed by atoms with Crippen molar-refractivity contribution in [2.75, 3.05) is 60.4 Å². The minimum atomic E-state index is 0.241. The van der Waals surface area contributed by atoms with Crippen LogP contribution in [0.2, 0.25) is 0 Å². The lowest BCUT2D eigenvalue weighted by Gasteiger charge is -2.33. The lowest BCUT2D eigenvalue weighted by Crippen LogP contribution is -2.46. The fraction of sp³-hybridized carbons (Fsp3) is 1.00. The summed E-state index contributed by atoms with van der Waals surface area (Å²) < 4.78 is 0. The van der Waals surface area contributed by atoms with Gasteiger partial charge in [0.15, 0.2) is 0 Å².